The van der Waals surface area contributed by atoms with Gasteiger partial charge < -0.3 is 25.6 Å². The number of hydrogen-bond donors (Lipinski definition) is 4. The van der Waals surface area contributed by atoms with Crippen molar-refractivity contribution in [2.75, 3.05) is 11.1 Å². The molecular weight excluding hydrogens is 510 g/mol. The van der Waals surface area contributed by atoms with Gasteiger partial charge in [0.1, 0.15) is 11.5 Å². The first-order valence-electron chi connectivity index (χ1n) is 12.3. The molecular formula is C31H27N3O6. The minimum absolute atomic E-state index is 0.00195. The quantitative estimate of drug-likeness (QED) is 0.169. The largest absolute Gasteiger partial charge is 0.508 e. The fourth-order valence-electron chi connectivity index (χ4n) is 3.71. The molecule has 0 aromatic heterocycles. The summed E-state index contributed by atoms with van der Waals surface area (Å²) in [5.41, 5.74) is 7.47. The average molecular weight is 538 g/mol. The molecule has 0 saturated carbocycles. The van der Waals surface area contributed by atoms with Crippen LogP contribution in [0.2, 0.25) is 0 Å². The van der Waals surface area contributed by atoms with Gasteiger partial charge in [0, 0.05) is 11.6 Å². The fraction of sp³-hybridized carbons (Fsp3) is 0.0645. The molecule has 0 spiro atoms. The van der Waals surface area contributed by atoms with Crippen molar-refractivity contribution >= 4 is 29.3 Å². The van der Waals surface area contributed by atoms with Crippen LogP contribution in [0.4, 0.5) is 16.2 Å². The summed E-state index contributed by atoms with van der Waals surface area (Å²) >= 11 is 0. The highest BCUT2D eigenvalue weighted by molar-refractivity contribution is 6.03. The summed E-state index contributed by atoms with van der Waals surface area (Å²) in [5, 5.41) is 14.7. The van der Waals surface area contributed by atoms with Crippen molar-refractivity contribution < 1.29 is 29.0 Å². The fourth-order valence-corrected chi connectivity index (χ4v) is 3.71. The maximum Gasteiger partial charge on any atom is 0.414 e. The lowest BCUT2D eigenvalue weighted by Gasteiger charge is -2.26. The van der Waals surface area contributed by atoms with Crippen LogP contribution < -0.4 is 21.1 Å². The molecule has 3 amide bonds. The first-order chi connectivity index (χ1) is 19.4. The molecule has 9 heteroatoms. The summed E-state index contributed by atoms with van der Waals surface area (Å²) in [7, 11) is 0. The Bertz CT molecular complexity index is 1470. The number of carbonyl (C=O) groups is 3. The molecule has 0 radical (unpaired) electrons. The number of imide groups is 1. The summed E-state index contributed by atoms with van der Waals surface area (Å²) in [6, 6.07) is 29.7. The van der Waals surface area contributed by atoms with Crippen molar-refractivity contribution in [1.29, 1.82) is 0 Å². The molecule has 2 atom stereocenters. The molecule has 202 valence electrons. The van der Waals surface area contributed by atoms with E-state index in [-0.39, 0.29) is 11.3 Å². The molecule has 4 aromatic rings. The second-order valence-electron chi connectivity index (χ2n) is 8.57. The smallest absolute Gasteiger partial charge is 0.414 e. The lowest BCUT2D eigenvalue weighted by molar-refractivity contribution is -0.112. The van der Waals surface area contributed by atoms with Crippen molar-refractivity contribution in [3.63, 3.8) is 0 Å². The summed E-state index contributed by atoms with van der Waals surface area (Å²) in [4.78, 5) is 38.2. The number of hydrogen-bond acceptors (Lipinski definition) is 7. The van der Waals surface area contributed by atoms with Crippen LogP contribution >= 0.6 is 0 Å². The van der Waals surface area contributed by atoms with E-state index in [0.29, 0.717) is 22.7 Å². The van der Waals surface area contributed by atoms with E-state index < -0.39 is 30.1 Å². The summed E-state index contributed by atoms with van der Waals surface area (Å²) in [5.74, 6) is -0.696. The normalized spacial score (nSPS) is 12.2. The van der Waals surface area contributed by atoms with Crippen LogP contribution in [-0.2, 0) is 9.53 Å². The highest BCUT2D eigenvalue weighted by atomic mass is 16.6. The Balaban J connectivity index is 1.61. The molecule has 4 rings (SSSR count). The van der Waals surface area contributed by atoms with Crippen LogP contribution in [0.5, 0.6) is 11.5 Å². The molecule has 40 heavy (non-hydrogen) atoms. The van der Waals surface area contributed by atoms with E-state index in [1.807, 2.05) is 6.07 Å². The van der Waals surface area contributed by atoms with Crippen molar-refractivity contribution in [3.05, 3.63) is 132 Å². The van der Waals surface area contributed by atoms with Gasteiger partial charge in [-0.3, -0.25) is 14.9 Å². The lowest BCUT2D eigenvalue weighted by atomic mass is 10.0. The van der Waals surface area contributed by atoms with Gasteiger partial charge in [0.05, 0.1) is 11.4 Å². The van der Waals surface area contributed by atoms with E-state index in [0.717, 1.165) is 0 Å². The number of nitrogens with one attached hydrogen (secondary N) is 2. The van der Waals surface area contributed by atoms with Gasteiger partial charge in [0.2, 0.25) is 5.91 Å². The van der Waals surface area contributed by atoms with Gasteiger partial charge in [-0.1, -0.05) is 60.7 Å². The highest BCUT2D eigenvalue weighted by Crippen LogP contribution is 2.28. The Morgan fingerprint density at radius 3 is 2.10 bits per heavy atom. The SMILES string of the molecule is Nc1ccccc1NC(=O)/C=C/[C@@H](Oc1ccccc1)[C@H](OC(=O)NC(=O)c1ccccc1)c1ccc(O)cc1. The van der Waals surface area contributed by atoms with E-state index >= 15 is 0 Å². The first-order valence-corrected chi connectivity index (χ1v) is 12.3. The zero-order chi connectivity index (χ0) is 28.3. The predicted molar refractivity (Wildman–Crippen MR) is 151 cm³/mol. The summed E-state index contributed by atoms with van der Waals surface area (Å²) in [6.45, 7) is 0. The molecule has 0 heterocycles. The molecule has 0 bridgehead atoms. The molecule has 0 fully saturated rings. The minimum atomic E-state index is -1.13. The monoisotopic (exact) mass is 537 g/mol. The number of phenols is 1. The van der Waals surface area contributed by atoms with Crippen molar-refractivity contribution in [2.45, 2.75) is 12.2 Å². The van der Waals surface area contributed by atoms with E-state index in [2.05, 4.69) is 10.6 Å². The van der Waals surface area contributed by atoms with Gasteiger partial charge >= 0.3 is 6.09 Å². The maximum absolute atomic E-state index is 12.9. The maximum atomic E-state index is 12.9. The number of anilines is 2. The van der Waals surface area contributed by atoms with Crippen LogP contribution in [0, 0.1) is 0 Å². The molecule has 9 nitrogen and oxygen atoms in total. The number of carbonyl (C=O) groups excluding carboxylic acids is 3. The summed E-state index contributed by atoms with van der Waals surface area (Å²) in [6.07, 6.45) is -0.503. The zero-order valence-electron chi connectivity index (χ0n) is 21.3. The van der Waals surface area contributed by atoms with Crippen molar-refractivity contribution in [1.82, 2.24) is 5.32 Å². The highest BCUT2D eigenvalue weighted by Gasteiger charge is 2.28. The second-order valence-corrected chi connectivity index (χ2v) is 8.57. The number of rotatable bonds is 9. The number of phenolic OH excluding ortho intramolecular Hbond substituents is 1. The standard InChI is InChI=1S/C31H27N3O6/c32-25-13-7-8-14-26(25)33-28(36)20-19-27(39-24-11-5-2-6-12-24)29(21-15-17-23(35)18-16-21)40-31(38)34-30(37)22-9-3-1-4-10-22/h1-20,27,29,35H,32H2,(H,33,36)(H,34,37,38)/b20-19+/t27-,29-/m1/s1. The Morgan fingerprint density at radius 2 is 1.43 bits per heavy atom. The number of amides is 3. The molecule has 0 saturated heterocycles. The van der Waals surface area contributed by atoms with E-state index in [1.165, 1.54) is 24.3 Å². The Hall–Kier alpha value is -5.57. The lowest BCUT2D eigenvalue weighted by Crippen LogP contribution is -2.36. The van der Waals surface area contributed by atoms with Gasteiger partial charge in [-0.15, -0.1) is 0 Å². The first kappa shape index (κ1) is 27.5. The van der Waals surface area contributed by atoms with Crippen LogP contribution in [0.1, 0.15) is 22.0 Å². The number of benzene rings is 4. The van der Waals surface area contributed by atoms with Crippen LogP contribution in [0.25, 0.3) is 0 Å². The molecule has 5 N–H and O–H groups in total. The number of para-hydroxylation sites is 3. The van der Waals surface area contributed by atoms with Gasteiger partial charge in [0.25, 0.3) is 5.91 Å². The van der Waals surface area contributed by atoms with E-state index in [9.17, 15) is 19.5 Å². The number of alkyl carbamates (subject to hydrolysis) is 1. The second kappa shape index (κ2) is 13.3. The average Bonchev–Trinajstić information content (AvgIpc) is 2.97. The zero-order valence-corrected chi connectivity index (χ0v) is 21.3. The third-order valence-electron chi connectivity index (χ3n) is 5.68. The summed E-state index contributed by atoms with van der Waals surface area (Å²) < 4.78 is 11.8. The van der Waals surface area contributed by atoms with E-state index in [1.54, 1.807) is 91.0 Å². The third-order valence-corrected chi connectivity index (χ3v) is 5.68. The third kappa shape index (κ3) is 7.72. The van der Waals surface area contributed by atoms with Crippen molar-refractivity contribution in [3.8, 4) is 11.5 Å². The molecule has 0 aliphatic carbocycles. The Labute approximate surface area is 230 Å². The van der Waals surface area contributed by atoms with Gasteiger partial charge in [-0.2, -0.15) is 0 Å². The minimum Gasteiger partial charge on any atom is -0.508 e. The van der Waals surface area contributed by atoms with Gasteiger partial charge in [-0.25, -0.2) is 4.79 Å². The number of nitrogen functional groups attached to an aromatic ring is 1. The van der Waals surface area contributed by atoms with Gasteiger partial charge in [-0.05, 0) is 60.2 Å². The van der Waals surface area contributed by atoms with Crippen LogP contribution in [0.3, 0.4) is 0 Å². The Kier molecular flexibility index (Phi) is 9.13. The van der Waals surface area contributed by atoms with E-state index in [4.69, 9.17) is 15.2 Å². The van der Waals surface area contributed by atoms with Crippen molar-refractivity contribution in [2.24, 2.45) is 0 Å². The predicted octanol–water partition coefficient (Wildman–Crippen LogP) is 5.22. The number of nitrogens with two attached hydrogens (primary N) is 1. The van der Waals surface area contributed by atoms with Crippen LogP contribution in [0.15, 0.2) is 121 Å². The molecule has 0 aliphatic rings. The Morgan fingerprint density at radius 1 is 0.800 bits per heavy atom. The number of aromatic hydroxyl groups is 1. The van der Waals surface area contributed by atoms with Gasteiger partial charge in [0.15, 0.2) is 12.2 Å². The molecule has 4 aromatic carbocycles. The molecule has 0 aliphatic heterocycles. The van der Waals surface area contributed by atoms with Crippen LogP contribution in [-0.4, -0.2) is 29.1 Å². The number of ether oxygens (including phenoxy) is 2. The molecule has 0 unspecified atom stereocenters. The topological polar surface area (TPSA) is 140 Å².